The van der Waals surface area contributed by atoms with Crippen molar-refractivity contribution in [3.8, 4) is 0 Å². The first-order valence-electron chi connectivity index (χ1n) is 3.45. The van der Waals surface area contributed by atoms with E-state index >= 15 is 0 Å². The van der Waals surface area contributed by atoms with Gasteiger partial charge in [0.15, 0.2) is 0 Å². The molecule has 0 aliphatic rings. The molecule has 0 saturated heterocycles. The SMILES string of the molecule is N.O=C([O-])C=CC(=O)[O-].O=C([O-])C=CC(=O)[O-].[Zr+4]. The second-order valence-corrected chi connectivity index (χ2v) is 1.94. The maximum Gasteiger partial charge on any atom is 4.00 e. The number of carboxylic acid groups (broad SMARTS) is 4. The summed E-state index contributed by atoms with van der Waals surface area (Å²) in [6.45, 7) is 0. The molecule has 3 N–H and O–H groups in total. The zero-order valence-corrected chi connectivity index (χ0v) is 11.2. The third-order valence-corrected chi connectivity index (χ3v) is 0.711. The summed E-state index contributed by atoms with van der Waals surface area (Å²) >= 11 is 0. The van der Waals surface area contributed by atoms with Crippen LogP contribution in [0.4, 0.5) is 0 Å². The van der Waals surface area contributed by atoms with Crippen molar-refractivity contribution in [1.29, 1.82) is 0 Å². The van der Waals surface area contributed by atoms with Gasteiger partial charge in [-0.15, -0.1) is 0 Å². The summed E-state index contributed by atoms with van der Waals surface area (Å²) in [5, 5.41) is 37.7. The van der Waals surface area contributed by atoms with Gasteiger partial charge in [-0.2, -0.15) is 0 Å². The van der Waals surface area contributed by atoms with Crippen LogP contribution < -0.4 is 26.6 Å². The van der Waals surface area contributed by atoms with Gasteiger partial charge in [-0.3, -0.25) is 0 Å². The van der Waals surface area contributed by atoms with Gasteiger partial charge in [0.1, 0.15) is 0 Å². The molecule has 0 aromatic rings. The molecule has 0 aromatic heterocycles. The summed E-state index contributed by atoms with van der Waals surface area (Å²) in [6.07, 6.45) is 1.54. The molecule has 9 nitrogen and oxygen atoms in total. The zero-order chi connectivity index (χ0) is 13.1. The molecule has 0 spiro atoms. The van der Waals surface area contributed by atoms with E-state index in [4.69, 9.17) is 0 Å². The first-order chi connectivity index (χ1) is 7.25. The fraction of sp³-hybridized carbons (Fsp3) is 0. The molecule has 0 rings (SSSR count). The molecule has 0 aliphatic heterocycles. The second kappa shape index (κ2) is 15.2. The first kappa shape index (κ1) is 25.1. The van der Waals surface area contributed by atoms with Gasteiger partial charge in [0.2, 0.25) is 0 Å². The number of carbonyl (C=O) groups excluding carboxylic acids is 4. The van der Waals surface area contributed by atoms with Crippen LogP contribution in [0.25, 0.3) is 0 Å². The topological polar surface area (TPSA) is 196 Å². The Morgan fingerprint density at radius 3 is 0.722 bits per heavy atom. The molecule has 0 unspecified atom stereocenters. The molecular weight excluding hydrogens is 329 g/mol. The minimum absolute atomic E-state index is 0. The molecule has 18 heavy (non-hydrogen) atoms. The van der Waals surface area contributed by atoms with E-state index in [-0.39, 0.29) is 32.4 Å². The third kappa shape index (κ3) is 36.8. The normalized spacial score (nSPS) is 8.44. The zero-order valence-electron chi connectivity index (χ0n) is 8.78. The number of rotatable bonds is 4. The van der Waals surface area contributed by atoms with E-state index in [0.717, 1.165) is 0 Å². The molecule has 10 heteroatoms. The van der Waals surface area contributed by atoms with Crippen LogP contribution in [-0.4, -0.2) is 23.9 Å². The Bertz CT molecular complexity index is 283. The average molecular weight is 336 g/mol. The molecule has 0 saturated carbocycles. The van der Waals surface area contributed by atoms with E-state index in [2.05, 4.69) is 0 Å². The van der Waals surface area contributed by atoms with E-state index in [1.165, 1.54) is 0 Å². The number of aliphatic carboxylic acids is 4. The van der Waals surface area contributed by atoms with E-state index < -0.39 is 23.9 Å². The molecule has 0 aliphatic carbocycles. The van der Waals surface area contributed by atoms with Crippen molar-refractivity contribution in [2.75, 3.05) is 0 Å². The van der Waals surface area contributed by atoms with Gasteiger partial charge in [0, 0.05) is 0 Å². The van der Waals surface area contributed by atoms with Crippen LogP contribution in [0.15, 0.2) is 24.3 Å². The van der Waals surface area contributed by atoms with Crippen molar-refractivity contribution in [2.24, 2.45) is 0 Å². The molecule has 0 bridgehead atoms. The van der Waals surface area contributed by atoms with Crippen molar-refractivity contribution in [3.63, 3.8) is 0 Å². The molecule has 0 atom stereocenters. The maximum atomic E-state index is 9.41. The Balaban J connectivity index is -0.0000000980. The Morgan fingerprint density at radius 2 is 0.667 bits per heavy atom. The molecule has 0 aromatic carbocycles. The van der Waals surface area contributed by atoms with Crippen molar-refractivity contribution >= 4 is 23.9 Å². The van der Waals surface area contributed by atoms with E-state index in [9.17, 15) is 39.6 Å². The van der Waals surface area contributed by atoms with Gasteiger partial charge in [-0.05, 0) is 24.3 Å². The molecule has 0 fully saturated rings. The van der Waals surface area contributed by atoms with Gasteiger partial charge in [-0.25, -0.2) is 0 Å². The van der Waals surface area contributed by atoms with Crippen LogP contribution in [0.3, 0.4) is 0 Å². The van der Waals surface area contributed by atoms with E-state index in [1.54, 1.807) is 0 Å². The number of carbonyl (C=O) groups is 4. The molecular formula is C8H7NO8Zr. The van der Waals surface area contributed by atoms with Crippen LogP contribution in [-0.2, 0) is 45.4 Å². The van der Waals surface area contributed by atoms with Gasteiger partial charge < -0.3 is 45.8 Å². The van der Waals surface area contributed by atoms with E-state index in [0.29, 0.717) is 24.3 Å². The largest absolute Gasteiger partial charge is 4.00 e. The predicted octanol–water partition coefficient (Wildman–Crippen LogP) is -5.76. The Labute approximate surface area is 120 Å². The molecule has 0 radical (unpaired) electrons. The second-order valence-electron chi connectivity index (χ2n) is 1.94. The molecule has 96 valence electrons. The van der Waals surface area contributed by atoms with Gasteiger partial charge >= 0.3 is 26.2 Å². The summed E-state index contributed by atoms with van der Waals surface area (Å²) < 4.78 is 0. The minimum Gasteiger partial charge on any atom is -0.545 e. The minimum atomic E-state index is -1.55. The van der Waals surface area contributed by atoms with E-state index in [1.807, 2.05) is 0 Å². The number of hydrogen-bond donors (Lipinski definition) is 1. The molecule has 0 amide bonds. The Hall–Kier alpha value is -1.80. The van der Waals surface area contributed by atoms with Crippen molar-refractivity contribution in [3.05, 3.63) is 24.3 Å². The van der Waals surface area contributed by atoms with Crippen LogP contribution in [0.5, 0.6) is 0 Å². The fourth-order valence-corrected chi connectivity index (χ4v) is 0.272. The maximum absolute atomic E-state index is 9.41. The summed E-state index contributed by atoms with van der Waals surface area (Å²) in [7, 11) is 0. The quantitative estimate of drug-likeness (QED) is 0.486. The van der Waals surface area contributed by atoms with Gasteiger partial charge in [-0.1, -0.05) is 0 Å². The summed E-state index contributed by atoms with van der Waals surface area (Å²) in [6, 6.07) is 0. The summed E-state index contributed by atoms with van der Waals surface area (Å²) in [4.78, 5) is 37.7. The van der Waals surface area contributed by atoms with Gasteiger partial charge in [0.25, 0.3) is 0 Å². The number of hydrogen-bond acceptors (Lipinski definition) is 9. The smallest absolute Gasteiger partial charge is 0.545 e. The monoisotopic (exact) mass is 335 g/mol. The van der Waals surface area contributed by atoms with Crippen LogP contribution in [0.1, 0.15) is 0 Å². The predicted molar refractivity (Wildman–Crippen MR) is 43.3 cm³/mol. The van der Waals surface area contributed by atoms with Crippen molar-refractivity contribution in [1.82, 2.24) is 6.15 Å². The van der Waals surface area contributed by atoms with Crippen LogP contribution in [0.2, 0.25) is 0 Å². The van der Waals surface area contributed by atoms with Crippen molar-refractivity contribution in [2.45, 2.75) is 0 Å². The average Bonchev–Trinajstić information content (AvgIpc) is 2.12. The summed E-state index contributed by atoms with van der Waals surface area (Å²) in [5.74, 6) is -6.19. The van der Waals surface area contributed by atoms with Gasteiger partial charge in [0.05, 0.1) is 23.9 Å². The standard InChI is InChI=1S/2C4H4O4.H3N.Zr/c2*5-3(6)1-2-4(7)8;;/h2*1-2H,(H,5,6)(H,7,8);1H3;/q;;;+4/p-4. The fourth-order valence-electron chi connectivity index (χ4n) is 0.272. The first-order valence-corrected chi connectivity index (χ1v) is 3.45. The third-order valence-electron chi connectivity index (χ3n) is 0.711. The number of carboxylic acids is 4. The van der Waals surface area contributed by atoms with Crippen molar-refractivity contribution < 1.29 is 65.8 Å². The Kier molecular flexibility index (Phi) is 21.2. The Morgan fingerprint density at radius 1 is 0.556 bits per heavy atom. The summed E-state index contributed by atoms with van der Waals surface area (Å²) in [5.41, 5.74) is 0. The van der Waals surface area contributed by atoms with Crippen LogP contribution >= 0.6 is 0 Å². The van der Waals surface area contributed by atoms with Crippen LogP contribution in [0, 0.1) is 0 Å². The molecule has 0 heterocycles.